The number of rotatable bonds is 3. The van der Waals surface area contributed by atoms with E-state index >= 15 is 0 Å². The minimum absolute atomic E-state index is 0.137. The van der Waals surface area contributed by atoms with Crippen LogP contribution in [-0.4, -0.2) is 47.0 Å². The molecule has 2 aliphatic heterocycles. The maximum atomic E-state index is 13.8. The lowest BCUT2D eigenvalue weighted by atomic mass is 9.84. The minimum Gasteiger partial charge on any atom is -0.355 e. The number of hydrogen-bond acceptors (Lipinski definition) is 4. The van der Waals surface area contributed by atoms with Crippen LogP contribution in [0.3, 0.4) is 0 Å². The number of carbonyl (C=O) groups excluding carboxylic acids is 1. The summed E-state index contributed by atoms with van der Waals surface area (Å²) in [4.78, 5) is 27.6. The van der Waals surface area contributed by atoms with Crippen molar-refractivity contribution >= 4 is 34.4 Å². The van der Waals surface area contributed by atoms with Gasteiger partial charge in [-0.25, -0.2) is 4.98 Å². The van der Waals surface area contributed by atoms with Crippen molar-refractivity contribution in [1.29, 1.82) is 0 Å². The van der Waals surface area contributed by atoms with Crippen LogP contribution < -0.4 is 4.90 Å². The van der Waals surface area contributed by atoms with Crippen LogP contribution in [0.1, 0.15) is 22.3 Å². The number of anilines is 1. The number of carbonyl (C=O) groups is 1. The third kappa shape index (κ3) is 4.37. The van der Waals surface area contributed by atoms with E-state index in [1.165, 1.54) is 0 Å². The van der Waals surface area contributed by atoms with Crippen molar-refractivity contribution in [2.75, 3.05) is 31.1 Å². The third-order valence-electron chi connectivity index (χ3n) is 7.17. The van der Waals surface area contributed by atoms with E-state index in [0.29, 0.717) is 16.9 Å². The van der Waals surface area contributed by atoms with E-state index in [0.717, 1.165) is 71.7 Å². The first-order chi connectivity index (χ1) is 17.0. The highest BCUT2D eigenvalue weighted by molar-refractivity contribution is 6.31. The maximum absolute atomic E-state index is 13.8. The number of hydrogen-bond donors (Lipinski definition) is 0. The van der Waals surface area contributed by atoms with E-state index in [9.17, 15) is 4.79 Å². The Kier molecular flexibility index (Phi) is 5.65. The number of fused-ring (bicyclic) bond motifs is 3. The summed E-state index contributed by atoms with van der Waals surface area (Å²) in [6, 6.07) is 22.0. The van der Waals surface area contributed by atoms with Crippen LogP contribution >= 0.6 is 11.6 Å². The quantitative estimate of drug-likeness (QED) is 0.367. The first kappa shape index (κ1) is 22.1. The molecule has 6 rings (SSSR count). The number of nitrogens with zero attached hydrogens (tertiary/aromatic N) is 4. The number of halogens is 1. The van der Waals surface area contributed by atoms with E-state index in [-0.39, 0.29) is 5.91 Å². The van der Waals surface area contributed by atoms with Crippen molar-refractivity contribution in [3.8, 4) is 11.1 Å². The first-order valence-corrected chi connectivity index (χ1v) is 12.5. The molecule has 2 saturated heterocycles. The van der Waals surface area contributed by atoms with E-state index in [1.54, 1.807) is 0 Å². The summed E-state index contributed by atoms with van der Waals surface area (Å²) in [5.41, 5.74) is 5.65. The lowest BCUT2D eigenvalue weighted by Gasteiger charge is -2.46. The number of aryl methyl sites for hydroxylation is 1. The molecule has 1 aromatic heterocycles. The van der Waals surface area contributed by atoms with Crippen molar-refractivity contribution in [2.24, 2.45) is 11.8 Å². The van der Waals surface area contributed by atoms with Gasteiger partial charge in [-0.2, -0.15) is 0 Å². The molecule has 5 nitrogen and oxygen atoms in total. The molecule has 2 aliphatic rings. The molecular formula is C29H27ClN4O. The summed E-state index contributed by atoms with van der Waals surface area (Å²) in [6.45, 7) is 5.35. The van der Waals surface area contributed by atoms with E-state index in [1.807, 2.05) is 55.6 Å². The summed E-state index contributed by atoms with van der Waals surface area (Å²) >= 11 is 6.10. The molecule has 3 heterocycles. The van der Waals surface area contributed by atoms with Crippen molar-refractivity contribution in [3.05, 3.63) is 89.1 Å². The van der Waals surface area contributed by atoms with Gasteiger partial charge in [-0.05, 0) is 60.6 Å². The Labute approximate surface area is 210 Å². The highest BCUT2D eigenvalue weighted by Crippen LogP contribution is 2.33. The zero-order valence-electron chi connectivity index (χ0n) is 19.7. The zero-order chi connectivity index (χ0) is 23.9. The molecular weight excluding hydrogens is 456 g/mol. The molecule has 2 bridgehead atoms. The summed E-state index contributed by atoms with van der Waals surface area (Å²) in [5.74, 6) is 1.87. The van der Waals surface area contributed by atoms with Crippen LogP contribution in [0.25, 0.3) is 22.2 Å². The summed E-state index contributed by atoms with van der Waals surface area (Å²) in [6.07, 6.45) is 3.00. The average Bonchev–Trinajstić information content (AvgIpc) is 2.87. The van der Waals surface area contributed by atoms with Gasteiger partial charge < -0.3 is 9.80 Å². The van der Waals surface area contributed by atoms with Crippen LogP contribution in [0.4, 0.5) is 5.82 Å². The molecule has 0 spiro atoms. The average molecular weight is 483 g/mol. The van der Waals surface area contributed by atoms with Crippen LogP contribution in [0.15, 0.2) is 72.9 Å². The Morgan fingerprint density at radius 2 is 1.69 bits per heavy atom. The largest absolute Gasteiger partial charge is 0.355 e. The van der Waals surface area contributed by atoms with Crippen molar-refractivity contribution in [3.63, 3.8) is 0 Å². The Morgan fingerprint density at radius 1 is 0.914 bits per heavy atom. The van der Waals surface area contributed by atoms with Gasteiger partial charge in [-0.15, -0.1) is 0 Å². The van der Waals surface area contributed by atoms with Crippen molar-refractivity contribution < 1.29 is 4.79 Å². The number of piperidine rings is 2. The minimum atomic E-state index is 0.137. The third-order valence-corrected chi connectivity index (χ3v) is 7.41. The maximum Gasteiger partial charge on any atom is 0.254 e. The fourth-order valence-electron chi connectivity index (χ4n) is 5.63. The number of likely N-dealkylation sites (tertiary alicyclic amines) is 1. The highest BCUT2D eigenvalue weighted by Gasteiger charge is 2.37. The lowest BCUT2D eigenvalue weighted by molar-refractivity contribution is 0.0565. The van der Waals surface area contributed by atoms with Gasteiger partial charge in [0, 0.05) is 36.8 Å². The predicted octanol–water partition coefficient (Wildman–Crippen LogP) is 5.86. The van der Waals surface area contributed by atoms with Gasteiger partial charge in [-0.1, -0.05) is 59.6 Å². The van der Waals surface area contributed by atoms with Crippen molar-refractivity contribution in [1.82, 2.24) is 14.9 Å². The fourth-order valence-corrected chi connectivity index (χ4v) is 5.80. The smallest absolute Gasteiger partial charge is 0.254 e. The standard InChI is InChI=1S/C29H27ClN4O/c1-19-7-9-24(22-5-3-2-4-6-22)25(11-19)29(35)34-17-20-12-21(18-34)16-33(15-20)28-14-31-27-13-23(30)8-10-26(27)32-28/h2-11,13-14,20-21H,12,15-18H2,1H3. The number of amides is 1. The van der Waals surface area contributed by atoms with E-state index in [4.69, 9.17) is 16.6 Å². The first-order valence-electron chi connectivity index (χ1n) is 12.2. The molecule has 0 N–H and O–H groups in total. The molecule has 6 heteroatoms. The Hall–Kier alpha value is -3.44. The number of benzene rings is 3. The van der Waals surface area contributed by atoms with Crippen molar-refractivity contribution in [2.45, 2.75) is 13.3 Å². The molecule has 0 saturated carbocycles. The van der Waals surface area contributed by atoms with E-state index < -0.39 is 0 Å². The molecule has 2 atom stereocenters. The monoisotopic (exact) mass is 482 g/mol. The van der Waals surface area contributed by atoms with Gasteiger partial charge in [0.25, 0.3) is 5.91 Å². The molecule has 4 aromatic rings. The number of aromatic nitrogens is 2. The Bertz CT molecular complexity index is 1390. The summed E-state index contributed by atoms with van der Waals surface area (Å²) in [7, 11) is 0. The molecule has 0 radical (unpaired) electrons. The molecule has 2 unspecified atom stereocenters. The van der Waals surface area contributed by atoms with Gasteiger partial charge >= 0.3 is 0 Å². The van der Waals surface area contributed by atoms with Gasteiger partial charge in [0.2, 0.25) is 0 Å². The normalized spacial score (nSPS) is 19.7. The molecule has 3 aromatic carbocycles. The van der Waals surface area contributed by atoms with E-state index in [2.05, 4.69) is 39.0 Å². The summed E-state index contributed by atoms with van der Waals surface area (Å²) in [5, 5.41) is 0.667. The van der Waals surface area contributed by atoms with Gasteiger partial charge in [0.1, 0.15) is 5.82 Å². The molecule has 0 aliphatic carbocycles. The Morgan fingerprint density at radius 3 is 2.46 bits per heavy atom. The van der Waals surface area contributed by atoms with Crippen LogP contribution in [0.2, 0.25) is 5.02 Å². The summed E-state index contributed by atoms with van der Waals surface area (Å²) < 4.78 is 0. The Balaban J connectivity index is 1.23. The van der Waals surface area contributed by atoms with Gasteiger partial charge in [0.15, 0.2) is 0 Å². The zero-order valence-corrected chi connectivity index (χ0v) is 20.4. The lowest BCUT2D eigenvalue weighted by Crippen LogP contribution is -2.54. The van der Waals surface area contributed by atoms with Crippen LogP contribution in [0, 0.1) is 18.8 Å². The molecule has 2 fully saturated rings. The predicted molar refractivity (Wildman–Crippen MR) is 141 cm³/mol. The molecule has 1 amide bonds. The van der Waals surface area contributed by atoms with Gasteiger partial charge in [-0.3, -0.25) is 9.78 Å². The second kappa shape index (κ2) is 8.97. The highest BCUT2D eigenvalue weighted by atomic mass is 35.5. The van der Waals surface area contributed by atoms with Crippen LogP contribution in [-0.2, 0) is 0 Å². The second-order valence-corrected chi connectivity index (χ2v) is 10.3. The molecule has 176 valence electrons. The molecule has 35 heavy (non-hydrogen) atoms. The fraction of sp³-hybridized carbons (Fsp3) is 0.276. The SMILES string of the molecule is Cc1ccc(-c2ccccc2)c(C(=O)N2CC3CC(C2)CN(c2cnc4cc(Cl)ccc4n2)C3)c1. The van der Waals surface area contributed by atoms with Crippen LogP contribution in [0.5, 0.6) is 0 Å². The topological polar surface area (TPSA) is 49.3 Å². The van der Waals surface area contributed by atoms with Gasteiger partial charge in [0.05, 0.1) is 17.2 Å². The second-order valence-electron chi connectivity index (χ2n) is 9.86.